The number of hydrogen-bond donors (Lipinski definition) is 4. The van der Waals surface area contributed by atoms with Crippen LogP contribution >= 0.6 is 11.6 Å². The molecule has 2 amide bonds. The minimum Gasteiger partial charge on any atom is -0.475 e. The summed E-state index contributed by atoms with van der Waals surface area (Å²) in [6.07, 6.45) is 1.82. The van der Waals surface area contributed by atoms with Gasteiger partial charge in [0.2, 0.25) is 5.91 Å². The second kappa shape index (κ2) is 12.2. The third-order valence-corrected chi connectivity index (χ3v) is 7.59. The van der Waals surface area contributed by atoms with E-state index >= 15 is 0 Å². The van der Waals surface area contributed by atoms with E-state index in [0.29, 0.717) is 46.9 Å². The number of fused-ring (bicyclic) bond motifs is 1. The summed E-state index contributed by atoms with van der Waals surface area (Å²) in [6, 6.07) is 7.03. The first-order valence-electron chi connectivity index (χ1n) is 13.2. The minimum absolute atomic E-state index is 0.0454. The molecular weight excluding hydrogens is 593 g/mol. The Bertz CT molecular complexity index is 1560. The van der Waals surface area contributed by atoms with Crippen LogP contribution in [0, 0.1) is 12.3 Å². The van der Waals surface area contributed by atoms with Gasteiger partial charge in [-0.2, -0.15) is 13.2 Å². The number of nitrogens with one attached hydrogen (secondary N) is 3. The van der Waals surface area contributed by atoms with E-state index in [1.54, 1.807) is 39.9 Å². The van der Waals surface area contributed by atoms with Gasteiger partial charge in [-0.15, -0.1) is 0 Å². The van der Waals surface area contributed by atoms with E-state index in [-0.39, 0.29) is 36.3 Å². The molecule has 2 aliphatic rings. The average Bonchev–Trinajstić information content (AvgIpc) is 3.37. The highest BCUT2D eigenvalue weighted by molar-refractivity contribution is 6.35. The maximum atomic E-state index is 13.3. The Morgan fingerprint density at radius 3 is 2.65 bits per heavy atom. The molecule has 0 saturated carbocycles. The van der Waals surface area contributed by atoms with Crippen molar-refractivity contribution in [3.63, 3.8) is 0 Å². The van der Waals surface area contributed by atoms with Crippen LogP contribution in [-0.2, 0) is 19.9 Å². The van der Waals surface area contributed by atoms with Gasteiger partial charge < -0.3 is 24.9 Å². The molecule has 0 aliphatic carbocycles. The lowest BCUT2D eigenvalue weighted by atomic mass is 9.85. The molecule has 0 bridgehead atoms. The summed E-state index contributed by atoms with van der Waals surface area (Å²) in [5, 5.41) is 22.2. The molecule has 4 N–H and O–H groups in total. The summed E-state index contributed by atoms with van der Waals surface area (Å²) in [7, 11) is 0. The summed E-state index contributed by atoms with van der Waals surface area (Å²) in [6.45, 7) is 6.32. The number of aliphatic carboxylic acids is 1. The van der Waals surface area contributed by atoms with Crippen LogP contribution < -0.4 is 10.6 Å². The second-order valence-electron chi connectivity index (χ2n) is 10.6. The zero-order valence-corrected chi connectivity index (χ0v) is 24.2. The molecule has 2 aliphatic heterocycles. The molecule has 5 rings (SSSR count). The van der Waals surface area contributed by atoms with Crippen molar-refractivity contribution in [3.8, 4) is 0 Å². The van der Waals surface area contributed by atoms with Crippen molar-refractivity contribution in [2.24, 2.45) is 0 Å². The van der Waals surface area contributed by atoms with Gasteiger partial charge in [-0.05, 0) is 56.9 Å². The number of rotatable bonds is 4. The summed E-state index contributed by atoms with van der Waals surface area (Å²) in [5.41, 5.74) is 2.06. The van der Waals surface area contributed by atoms with Gasteiger partial charge in [0.1, 0.15) is 5.65 Å². The maximum Gasteiger partial charge on any atom is 0.490 e. The molecule has 2 fully saturated rings. The lowest BCUT2D eigenvalue weighted by Gasteiger charge is -2.45. The predicted octanol–water partition coefficient (Wildman–Crippen LogP) is 4.72. The lowest BCUT2D eigenvalue weighted by molar-refractivity contribution is -0.192. The Morgan fingerprint density at radius 2 is 2.02 bits per heavy atom. The van der Waals surface area contributed by atoms with Crippen molar-refractivity contribution in [1.29, 1.82) is 5.41 Å². The highest BCUT2D eigenvalue weighted by Gasteiger charge is 2.44. The Labute approximate surface area is 249 Å². The first-order chi connectivity index (χ1) is 20.1. The van der Waals surface area contributed by atoms with Gasteiger partial charge in [-0.3, -0.25) is 19.9 Å². The number of carboxylic acid groups (broad SMARTS) is 1. The minimum atomic E-state index is -5.08. The smallest absolute Gasteiger partial charge is 0.475 e. The molecule has 1 aromatic carbocycles. The molecular formula is C28H30ClF3N6O5. The van der Waals surface area contributed by atoms with Crippen molar-refractivity contribution < 1.29 is 37.4 Å². The number of benzene rings is 1. The summed E-state index contributed by atoms with van der Waals surface area (Å²) >= 11 is 6.80. The molecule has 2 aromatic heterocycles. The van der Waals surface area contributed by atoms with Crippen molar-refractivity contribution in [3.05, 3.63) is 64.6 Å². The zero-order valence-electron chi connectivity index (χ0n) is 23.5. The third-order valence-electron chi connectivity index (χ3n) is 7.18. The zero-order chi connectivity index (χ0) is 31.7. The topological polar surface area (TPSA) is 149 Å². The fourth-order valence-corrected chi connectivity index (χ4v) is 5.60. The number of imidazole rings is 1. The number of carbonyl (C=O) groups excluding carboxylic acids is 2. The fraction of sp³-hybridized carbons (Fsp3) is 0.393. The van der Waals surface area contributed by atoms with Crippen LogP contribution in [-0.4, -0.2) is 68.1 Å². The highest BCUT2D eigenvalue weighted by Crippen LogP contribution is 2.38. The number of nitrogens with zero attached hydrogens (tertiary/aromatic N) is 3. The highest BCUT2D eigenvalue weighted by atomic mass is 35.5. The van der Waals surface area contributed by atoms with E-state index in [2.05, 4.69) is 15.6 Å². The summed E-state index contributed by atoms with van der Waals surface area (Å²) < 4.78 is 39.2. The van der Waals surface area contributed by atoms with E-state index in [4.69, 9.17) is 31.6 Å². The predicted molar refractivity (Wildman–Crippen MR) is 151 cm³/mol. The molecule has 4 heterocycles. The van der Waals surface area contributed by atoms with Gasteiger partial charge >= 0.3 is 12.1 Å². The summed E-state index contributed by atoms with van der Waals surface area (Å²) in [5.74, 6) is -3.17. The SMILES string of the molecule is Cc1cc(C(=O)Nc2cccc([C@]3(C)CC(=O)N([C@@H]4CCO[C@H](C)C4)C(=N)N3)c2Cl)c2nccn2c1.O=C(O)C(F)(F)F. The molecule has 0 radical (unpaired) electrons. The Hall–Kier alpha value is -4.17. The van der Waals surface area contributed by atoms with Crippen LogP contribution in [0.2, 0.25) is 5.02 Å². The first kappa shape index (κ1) is 31.8. The molecule has 3 aromatic rings. The number of aromatic nitrogens is 2. The van der Waals surface area contributed by atoms with E-state index in [0.717, 1.165) is 5.56 Å². The van der Waals surface area contributed by atoms with Gasteiger partial charge in [0.15, 0.2) is 5.96 Å². The molecule has 2 saturated heterocycles. The monoisotopic (exact) mass is 622 g/mol. The average molecular weight is 623 g/mol. The Balaban J connectivity index is 0.000000541. The first-order valence-corrected chi connectivity index (χ1v) is 13.6. The third kappa shape index (κ3) is 6.91. The van der Waals surface area contributed by atoms with Crippen LogP contribution in [0.1, 0.15) is 54.6 Å². The van der Waals surface area contributed by atoms with Crippen LogP contribution in [0.15, 0.2) is 42.9 Å². The standard InChI is InChI=1S/C26H29ClN6O3.C2HF3O2/c1-15-11-18(23-29-8-9-32(23)14-15)24(35)30-20-6-4-5-19(22(20)27)26(3)13-21(34)33(25(28)31-26)17-7-10-36-16(2)12-17;3-2(4,5)1(6)7/h4-6,8-9,11,14,16-17H,7,10,12-13H2,1-3H3,(H2,28,31)(H,30,35);(H,6,7)/t16-,17-,26+;/m1./s1. The Morgan fingerprint density at radius 1 is 1.33 bits per heavy atom. The van der Waals surface area contributed by atoms with E-state index in [1.165, 1.54) is 0 Å². The molecule has 15 heteroatoms. The molecule has 43 heavy (non-hydrogen) atoms. The fourth-order valence-electron chi connectivity index (χ4n) is 5.22. The summed E-state index contributed by atoms with van der Waals surface area (Å²) in [4.78, 5) is 41.2. The number of alkyl halides is 3. The van der Waals surface area contributed by atoms with Crippen molar-refractivity contribution in [2.75, 3.05) is 11.9 Å². The van der Waals surface area contributed by atoms with E-state index < -0.39 is 17.7 Å². The number of amides is 2. The van der Waals surface area contributed by atoms with Crippen molar-refractivity contribution in [2.45, 2.75) is 63.9 Å². The van der Waals surface area contributed by atoms with Gasteiger partial charge in [0, 0.05) is 31.2 Å². The van der Waals surface area contributed by atoms with Crippen LogP contribution in [0.4, 0.5) is 18.9 Å². The number of aryl methyl sites for hydroxylation is 1. The molecule has 0 spiro atoms. The largest absolute Gasteiger partial charge is 0.490 e. The van der Waals surface area contributed by atoms with Crippen LogP contribution in [0.3, 0.4) is 0 Å². The van der Waals surface area contributed by atoms with Gasteiger partial charge in [0.05, 0.1) is 34.3 Å². The molecule has 230 valence electrons. The second-order valence-corrected chi connectivity index (χ2v) is 11.0. The number of carboxylic acids is 1. The quantitative estimate of drug-likeness (QED) is 0.329. The molecule has 3 atom stereocenters. The van der Waals surface area contributed by atoms with E-state index in [9.17, 15) is 22.8 Å². The maximum absolute atomic E-state index is 13.3. The number of carbonyl (C=O) groups is 3. The number of hydrogen-bond acceptors (Lipinski definition) is 6. The Kier molecular flexibility index (Phi) is 9.02. The number of guanidine groups is 1. The van der Waals surface area contributed by atoms with Gasteiger partial charge in [0.25, 0.3) is 5.91 Å². The van der Waals surface area contributed by atoms with Crippen molar-refractivity contribution >= 4 is 46.7 Å². The molecule has 11 nitrogen and oxygen atoms in total. The van der Waals surface area contributed by atoms with Crippen molar-refractivity contribution in [1.82, 2.24) is 19.6 Å². The normalized spacial score (nSPS) is 22.4. The number of halogens is 4. The number of anilines is 1. The lowest BCUT2D eigenvalue weighted by Crippen LogP contribution is -2.63. The van der Waals surface area contributed by atoms with Crippen LogP contribution in [0.5, 0.6) is 0 Å². The van der Waals surface area contributed by atoms with Gasteiger partial charge in [-0.25, -0.2) is 9.78 Å². The molecule has 0 unspecified atom stereocenters. The van der Waals surface area contributed by atoms with Crippen LogP contribution in [0.25, 0.3) is 5.65 Å². The van der Waals surface area contributed by atoms with Gasteiger partial charge in [-0.1, -0.05) is 23.7 Å². The van der Waals surface area contributed by atoms with E-state index in [1.807, 2.05) is 33.0 Å². The number of ether oxygens (including phenoxy) is 1. The number of pyridine rings is 1.